The van der Waals surface area contributed by atoms with Gasteiger partial charge >= 0.3 is 0 Å². The molecule has 0 aromatic heterocycles. The fourth-order valence-electron chi connectivity index (χ4n) is 1.67. The van der Waals surface area contributed by atoms with Crippen LogP contribution in [0.3, 0.4) is 0 Å². The maximum atomic E-state index is 13.3. The third-order valence-electron chi connectivity index (χ3n) is 2.75. The molecule has 0 aliphatic carbocycles. The SMILES string of the molecule is Cc1cc(C(=O)c2ccc(Cl)c(N)c2)c(Cl)cc1F. The molecule has 0 radical (unpaired) electrons. The maximum absolute atomic E-state index is 13.3. The van der Waals surface area contributed by atoms with Crippen LogP contribution in [0.15, 0.2) is 30.3 Å². The molecule has 0 amide bonds. The van der Waals surface area contributed by atoms with Gasteiger partial charge in [-0.3, -0.25) is 4.79 Å². The monoisotopic (exact) mass is 297 g/mol. The number of anilines is 1. The lowest BCUT2D eigenvalue weighted by atomic mass is 10.0. The molecule has 0 saturated heterocycles. The van der Waals surface area contributed by atoms with Gasteiger partial charge in [0, 0.05) is 11.1 Å². The van der Waals surface area contributed by atoms with E-state index in [0.29, 0.717) is 21.8 Å². The van der Waals surface area contributed by atoms with Crippen molar-refractivity contribution in [1.29, 1.82) is 0 Å². The first-order valence-corrected chi connectivity index (χ1v) is 6.21. The minimum atomic E-state index is -0.447. The molecule has 19 heavy (non-hydrogen) atoms. The van der Waals surface area contributed by atoms with E-state index in [0.717, 1.165) is 6.07 Å². The van der Waals surface area contributed by atoms with E-state index < -0.39 is 5.82 Å². The Morgan fingerprint density at radius 3 is 2.47 bits per heavy atom. The lowest BCUT2D eigenvalue weighted by Gasteiger charge is -2.07. The summed E-state index contributed by atoms with van der Waals surface area (Å²) in [5.74, 6) is -0.770. The molecule has 2 rings (SSSR count). The highest BCUT2D eigenvalue weighted by atomic mass is 35.5. The summed E-state index contributed by atoms with van der Waals surface area (Å²) >= 11 is 11.7. The van der Waals surface area contributed by atoms with Gasteiger partial charge in [0.2, 0.25) is 0 Å². The third-order valence-corrected chi connectivity index (χ3v) is 3.41. The molecule has 0 aliphatic rings. The number of carbonyl (C=O) groups excluding carboxylic acids is 1. The summed E-state index contributed by atoms with van der Waals surface area (Å²) in [4.78, 5) is 12.3. The molecule has 2 aromatic carbocycles. The maximum Gasteiger partial charge on any atom is 0.194 e. The molecular formula is C14H10Cl2FNO. The summed E-state index contributed by atoms with van der Waals surface area (Å²) in [5, 5.41) is 0.444. The first kappa shape index (κ1) is 13.8. The number of nitrogen functional groups attached to an aromatic ring is 1. The minimum Gasteiger partial charge on any atom is -0.398 e. The molecule has 98 valence electrons. The van der Waals surface area contributed by atoms with Gasteiger partial charge < -0.3 is 5.73 Å². The number of benzene rings is 2. The number of halogens is 3. The van der Waals surface area contributed by atoms with E-state index in [2.05, 4.69) is 0 Å². The zero-order valence-corrected chi connectivity index (χ0v) is 11.5. The number of hydrogen-bond acceptors (Lipinski definition) is 2. The average Bonchev–Trinajstić information content (AvgIpc) is 2.36. The van der Waals surface area contributed by atoms with E-state index in [1.165, 1.54) is 18.2 Å². The Labute approximate surface area is 119 Å². The van der Waals surface area contributed by atoms with Gasteiger partial charge in [0.25, 0.3) is 0 Å². The van der Waals surface area contributed by atoms with Gasteiger partial charge in [-0.1, -0.05) is 23.2 Å². The van der Waals surface area contributed by atoms with Gasteiger partial charge in [0.15, 0.2) is 5.78 Å². The highest BCUT2D eigenvalue weighted by Gasteiger charge is 2.16. The van der Waals surface area contributed by atoms with Crippen molar-refractivity contribution in [1.82, 2.24) is 0 Å². The number of carbonyl (C=O) groups is 1. The molecule has 0 bridgehead atoms. The molecular weight excluding hydrogens is 288 g/mol. The van der Waals surface area contributed by atoms with Crippen LogP contribution in [0.25, 0.3) is 0 Å². The Hall–Kier alpha value is -1.58. The van der Waals surface area contributed by atoms with Crippen molar-refractivity contribution in [3.05, 3.63) is 62.9 Å². The minimum absolute atomic E-state index is 0.0709. The van der Waals surface area contributed by atoms with Crippen molar-refractivity contribution in [2.75, 3.05) is 5.73 Å². The van der Waals surface area contributed by atoms with Crippen LogP contribution in [0.1, 0.15) is 21.5 Å². The lowest BCUT2D eigenvalue weighted by Crippen LogP contribution is -2.04. The predicted molar refractivity (Wildman–Crippen MR) is 75.4 cm³/mol. The Morgan fingerprint density at radius 2 is 1.84 bits per heavy atom. The van der Waals surface area contributed by atoms with Gasteiger partial charge in [-0.25, -0.2) is 4.39 Å². The molecule has 0 saturated carbocycles. The summed E-state index contributed by atoms with van der Waals surface area (Å²) in [6.45, 7) is 1.57. The van der Waals surface area contributed by atoms with Crippen LogP contribution in [-0.4, -0.2) is 5.78 Å². The first-order valence-electron chi connectivity index (χ1n) is 5.45. The molecule has 0 unspecified atom stereocenters. The van der Waals surface area contributed by atoms with Crippen LogP contribution < -0.4 is 5.73 Å². The highest BCUT2D eigenvalue weighted by Crippen LogP contribution is 2.26. The summed E-state index contributed by atoms with van der Waals surface area (Å²) < 4.78 is 13.3. The zero-order chi connectivity index (χ0) is 14.2. The molecule has 2 aromatic rings. The molecule has 0 spiro atoms. The van der Waals surface area contributed by atoms with Crippen molar-refractivity contribution in [2.24, 2.45) is 0 Å². The van der Waals surface area contributed by atoms with Crippen molar-refractivity contribution in [3.63, 3.8) is 0 Å². The van der Waals surface area contributed by atoms with Gasteiger partial charge in [0.1, 0.15) is 5.82 Å². The quantitative estimate of drug-likeness (QED) is 0.665. The second kappa shape index (κ2) is 5.19. The average molecular weight is 298 g/mol. The fraction of sp³-hybridized carbons (Fsp3) is 0.0714. The van der Waals surface area contributed by atoms with E-state index in [1.54, 1.807) is 13.0 Å². The van der Waals surface area contributed by atoms with Crippen LogP contribution >= 0.6 is 23.2 Å². The van der Waals surface area contributed by atoms with Crippen molar-refractivity contribution >= 4 is 34.7 Å². The van der Waals surface area contributed by atoms with E-state index in [4.69, 9.17) is 28.9 Å². The fourth-order valence-corrected chi connectivity index (χ4v) is 2.03. The van der Waals surface area contributed by atoms with E-state index in [1.807, 2.05) is 0 Å². The molecule has 0 aliphatic heterocycles. The number of hydrogen-bond donors (Lipinski definition) is 1. The Kier molecular flexibility index (Phi) is 3.78. The van der Waals surface area contributed by atoms with Crippen LogP contribution in [0.2, 0.25) is 10.0 Å². The van der Waals surface area contributed by atoms with Crippen molar-refractivity contribution in [3.8, 4) is 0 Å². The largest absolute Gasteiger partial charge is 0.398 e. The van der Waals surface area contributed by atoms with Gasteiger partial charge in [-0.15, -0.1) is 0 Å². The van der Waals surface area contributed by atoms with Gasteiger partial charge in [-0.2, -0.15) is 0 Å². The summed E-state index contributed by atoms with van der Waals surface area (Å²) in [5.41, 5.74) is 6.91. The van der Waals surface area contributed by atoms with E-state index in [-0.39, 0.29) is 16.4 Å². The Morgan fingerprint density at radius 1 is 1.16 bits per heavy atom. The topological polar surface area (TPSA) is 43.1 Å². The first-order chi connectivity index (χ1) is 8.90. The van der Waals surface area contributed by atoms with Crippen LogP contribution in [0.5, 0.6) is 0 Å². The molecule has 5 heteroatoms. The van der Waals surface area contributed by atoms with E-state index in [9.17, 15) is 9.18 Å². The molecule has 2 N–H and O–H groups in total. The number of rotatable bonds is 2. The molecule has 2 nitrogen and oxygen atoms in total. The number of ketones is 1. The molecule has 0 atom stereocenters. The highest BCUT2D eigenvalue weighted by molar-refractivity contribution is 6.35. The zero-order valence-electron chi connectivity index (χ0n) is 10.0. The van der Waals surface area contributed by atoms with Gasteiger partial charge in [0.05, 0.1) is 15.7 Å². The standard InChI is InChI=1S/C14H10Cl2FNO/c1-7-4-9(11(16)6-12(7)17)14(19)8-2-3-10(15)13(18)5-8/h2-6H,18H2,1H3. The second-order valence-electron chi connectivity index (χ2n) is 4.15. The third kappa shape index (κ3) is 2.72. The van der Waals surface area contributed by atoms with Crippen LogP contribution in [0.4, 0.5) is 10.1 Å². The molecule has 0 fully saturated rings. The van der Waals surface area contributed by atoms with Crippen molar-refractivity contribution in [2.45, 2.75) is 6.92 Å². The Balaban J connectivity index is 2.49. The normalized spacial score (nSPS) is 10.5. The smallest absolute Gasteiger partial charge is 0.194 e. The van der Waals surface area contributed by atoms with Gasteiger partial charge in [-0.05, 0) is 42.8 Å². The lowest BCUT2D eigenvalue weighted by molar-refractivity contribution is 0.103. The summed E-state index contributed by atoms with van der Waals surface area (Å²) in [6.07, 6.45) is 0. The summed E-state index contributed by atoms with van der Waals surface area (Å²) in [6, 6.07) is 7.11. The predicted octanol–water partition coefficient (Wildman–Crippen LogP) is 4.25. The summed E-state index contributed by atoms with van der Waals surface area (Å²) in [7, 11) is 0. The molecule has 0 heterocycles. The second-order valence-corrected chi connectivity index (χ2v) is 4.96. The Bertz CT molecular complexity index is 671. The number of nitrogens with two attached hydrogens (primary N) is 1. The number of aryl methyl sites for hydroxylation is 1. The van der Waals surface area contributed by atoms with Crippen LogP contribution in [0, 0.1) is 12.7 Å². The van der Waals surface area contributed by atoms with E-state index >= 15 is 0 Å². The van der Waals surface area contributed by atoms with Crippen LogP contribution in [-0.2, 0) is 0 Å². The van der Waals surface area contributed by atoms with Crippen molar-refractivity contribution < 1.29 is 9.18 Å².